The molecule has 0 aromatic rings. The first-order valence-electron chi connectivity index (χ1n) is 9.19. The second-order valence-corrected chi connectivity index (χ2v) is 8.47. The third-order valence-electron chi connectivity index (χ3n) is 4.46. The predicted octanol–water partition coefficient (Wildman–Crippen LogP) is 0.988. The van der Waals surface area contributed by atoms with E-state index in [1.54, 1.807) is 0 Å². The van der Waals surface area contributed by atoms with Crippen molar-refractivity contribution in [3.8, 4) is 0 Å². The highest BCUT2D eigenvalue weighted by Crippen LogP contribution is 2.15. The molecule has 0 aliphatic carbocycles. The molecule has 0 bridgehead atoms. The largest absolute Gasteiger partial charge is 0.480 e. The van der Waals surface area contributed by atoms with Gasteiger partial charge in [-0.25, -0.2) is 0 Å². The zero-order chi connectivity index (χ0) is 18.2. The molecule has 1 fully saturated rings. The van der Waals surface area contributed by atoms with E-state index in [0.717, 1.165) is 65.3 Å². The Morgan fingerprint density at radius 1 is 0.833 bits per heavy atom. The van der Waals surface area contributed by atoms with E-state index in [9.17, 15) is 9.90 Å². The van der Waals surface area contributed by atoms with Crippen molar-refractivity contribution >= 4 is 5.97 Å². The Balaban J connectivity index is 2.71. The van der Waals surface area contributed by atoms with Gasteiger partial charge in [0.25, 0.3) is 0 Å². The maximum atomic E-state index is 11.2. The van der Waals surface area contributed by atoms with Crippen LogP contribution >= 0.6 is 0 Å². The Morgan fingerprint density at radius 2 is 1.33 bits per heavy atom. The molecule has 1 rings (SSSR count). The lowest BCUT2D eigenvalue weighted by Gasteiger charge is -2.32. The van der Waals surface area contributed by atoms with Crippen molar-refractivity contribution in [2.75, 3.05) is 79.5 Å². The van der Waals surface area contributed by atoms with Crippen LogP contribution in [-0.2, 0) is 4.79 Å². The number of aliphatic carboxylic acids is 1. The van der Waals surface area contributed by atoms with E-state index in [1.165, 1.54) is 0 Å². The van der Waals surface area contributed by atoms with Gasteiger partial charge in [0.05, 0.1) is 6.54 Å². The third-order valence-corrected chi connectivity index (χ3v) is 4.46. The minimum atomic E-state index is -0.732. The molecule has 1 heterocycles. The molecule has 6 heteroatoms. The highest BCUT2D eigenvalue weighted by atomic mass is 16.4. The van der Waals surface area contributed by atoms with Gasteiger partial charge in [-0.15, -0.1) is 0 Å². The van der Waals surface area contributed by atoms with Crippen molar-refractivity contribution in [1.29, 1.82) is 0 Å². The van der Waals surface area contributed by atoms with Crippen LogP contribution in [0.3, 0.4) is 0 Å². The average molecular weight is 343 g/mol. The highest BCUT2D eigenvalue weighted by Gasteiger charge is 2.19. The highest BCUT2D eigenvalue weighted by molar-refractivity contribution is 5.69. The normalized spacial score (nSPS) is 22.5. The number of nitrogens with zero attached hydrogens (tertiary/aromatic N) is 4. The standard InChI is InChI=1S/C18H38N4O2/c1-18(2,3)16-22-8-6-7-19(4)9-10-20(5)11-12-21(13-14-22)15-17(23)24/h6-16H2,1-5H3,(H,23,24). The summed E-state index contributed by atoms with van der Waals surface area (Å²) in [4.78, 5) is 20.4. The smallest absolute Gasteiger partial charge is 0.317 e. The van der Waals surface area contributed by atoms with Crippen LogP contribution in [0, 0.1) is 5.41 Å². The number of rotatable bonds is 3. The lowest BCUT2D eigenvalue weighted by Crippen LogP contribution is -2.43. The van der Waals surface area contributed by atoms with Crippen LogP contribution < -0.4 is 0 Å². The van der Waals surface area contributed by atoms with Crippen LogP contribution in [0.2, 0.25) is 0 Å². The van der Waals surface area contributed by atoms with Gasteiger partial charge in [-0.1, -0.05) is 20.8 Å². The summed E-state index contributed by atoms with van der Waals surface area (Å²) in [6.45, 7) is 15.8. The van der Waals surface area contributed by atoms with Gasteiger partial charge in [0.15, 0.2) is 0 Å². The fourth-order valence-corrected chi connectivity index (χ4v) is 3.13. The molecule has 6 nitrogen and oxygen atoms in total. The molecule has 1 aliphatic heterocycles. The van der Waals surface area contributed by atoms with E-state index < -0.39 is 5.97 Å². The zero-order valence-corrected chi connectivity index (χ0v) is 16.4. The molecule has 0 amide bonds. The number of carboxylic acids is 1. The minimum Gasteiger partial charge on any atom is -0.480 e. The van der Waals surface area contributed by atoms with E-state index >= 15 is 0 Å². The quantitative estimate of drug-likeness (QED) is 0.825. The molecule has 0 aromatic carbocycles. The maximum Gasteiger partial charge on any atom is 0.317 e. The minimum absolute atomic E-state index is 0.136. The van der Waals surface area contributed by atoms with Crippen molar-refractivity contribution in [3.63, 3.8) is 0 Å². The first-order chi connectivity index (χ1) is 11.2. The summed E-state index contributed by atoms with van der Waals surface area (Å²) in [7, 11) is 4.32. The monoisotopic (exact) mass is 342 g/mol. The molecule has 0 atom stereocenters. The van der Waals surface area contributed by atoms with Gasteiger partial charge in [0.1, 0.15) is 0 Å². The van der Waals surface area contributed by atoms with Crippen LogP contribution in [0.1, 0.15) is 27.2 Å². The summed E-state index contributed by atoms with van der Waals surface area (Å²) >= 11 is 0. The molecule has 0 radical (unpaired) electrons. The van der Waals surface area contributed by atoms with Crippen molar-refractivity contribution in [2.24, 2.45) is 5.41 Å². The number of hydrogen-bond acceptors (Lipinski definition) is 5. The molecule has 142 valence electrons. The molecule has 24 heavy (non-hydrogen) atoms. The molecule has 0 spiro atoms. The topological polar surface area (TPSA) is 50.3 Å². The Hall–Kier alpha value is -0.690. The zero-order valence-electron chi connectivity index (χ0n) is 16.4. The fraction of sp³-hybridized carbons (Fsp3) is 0.944. The Labute approximate surface area is 148 Å². The van der Waals surface area contributed by atoms with Crippen molar-refractivity contribution in [3.05, 3.63) is 0 Å². The van der Waals surface area contributed by atoms with Gasteiger partial charge in [-0.3, -0.25) is 9.69 Å². The fourth-order valence-electron chi connectivity index (χ4n) is 3.13. The Morgan fingerprint density at radius 3 is 1.92 bits per heavy atom. The molecular formula is C18H38N4O2. The first-order valence-corrected chi connectivity index (χ1v) is 9.19. The van der Waals surface area contributed by atoms with E-state index in [1.807, 2.05) is 0 Å². The van der Waals surface area contributed by atoms with Crippen molar-refractivity contribution in [1.82, 2.24) is 19.6 Å². The molecule has 1 aliphatic rings. The summed E-state index contributed by atoms with van der Waals surface area (Å²) in [6.07, 6.45) is 1.16. The van der Waals surface area contributed by atoms with Crippen molar-refractivity contribution in [2.45, 2.75) is 27.2 Å². The summed E-state index contributed by atoms with van der Waals surface area (Å²) < 4.78 is 0. The summed E-state index contributed by atoms with van der Waals surface area (Å²) in [5.41, 5.74) is 0.262. The van der Waals surface area contributed by atoms with Crippen LogP contribution in [0.25, 0.3) is 0 Å². The van der Waals surface area contributed by atoms with Crippen LogP contribution in [-0.4, -0.2) is 110 Å². The Bertz CT molecular complexity index is 371. The van der Waals surface area contributed by atoms with Gasteiger partial charge < -0.3 is 19.8 Å². The maximum absolute atomic E-state index is 11.2. The number of carboxylic acid groups (broad SMARTS) is 1. The van der Waals surface area contributed by atoms with Gasteiger partial charge in [0.2, 0.25) is 0 Å². The molecule has 0 unspecified atom stereocenters. The molecule has 1 N–H and O–H groups in total. The van der Waals surface area contributed by atoms with E-state index in [-0.39, 0.29) is 12.0 Å². The third kappa shape index (κ3) is 10.2. The summed E-state index contributed by atoms with van der Waals surface area (Å²) in [5.74, 6) is -0.732. The predicted molar refractivity (Wildman–Crippen MR) is 99.6 cm³/mol. The van der Waals surface area contributed by atoms with E-state index in [0.29, 0.717) is 0 Å². The molecule has 0 saturated carbocycles. The molecule has 1 saturated heterocycles. The lowest BCUT2D eigenvalue weighted by molar-refractivity contribution is -0.138. The first kappa shape index (κ1) is 21.4. The van der Waals surface area contributed by atoms with Gasteiger partial charge in [-0.2, -0.15) is 0 Å². The number of likely N-dealkylation sites (N-methyl/N-ethyl adjacent to an activating group) is 2. The van der Waals surface area contributed by atoms with Crippen LogP contribution in [0.5, 0.6) is 0 Å². The number of carbonyl (C=O) groups is 1. The van der Waals surface area contributed by atoms with Gasteiger partial charge in [-0.05, 0) is 39.0 Å². The van der Waals surface area contributed by atoms with E-state index in [4.69, 9.17) is 0 Å². The van der Waals surface area contributed by atoms with E-state index in [2.05, 4.69) is 54.5 Å². The second-order valence-electron chi connectivity index (χ2n) is 8.47. The van der Waals surface area contributed by atoms with Crippen molar-refractivity contribution < 1.29 is 9.90 Å². The second kappa shape index (κ2) is 10.3. The average Bonchev–Trinajstić information content (AvgIpc) is 2.45. The van der Waals surface area contributed by atoms with Gasteiger partial charge >= 0.3 is 5.97 Å². The SMILES string of the molecule is CN1CCCN(CC(C)(C)C)CCN(CC(=O)O)CCN(C)CC1. The Kier molecular flexibility index (Phi) is 9.19. The van der Waals surface area contributed by atoms with Gasteiger partial charge in [0, 0.05) is 45.8 Å². The summed E-state index contributed by atoms with van der Waals surface area (Å²) in [5, 5.41) is 9.18. The molecular weight excluding hydrogens is 304 g/mol. The van der Waals surface area contributed by atoms with Crippen LogP contribution in [0.15, 0.2) is 0 Å². The summed E-state index contributed by atoms with van der Waals surface area (Å²) in [6, 6.07) is 0. The molecule has 0 aromatic heterocycles. The number of hydrogen-bond donors (Lipinski definition) is 1. The van der Waals surface area contributed by atoms with Crippen LogP contribution in [0.4, 0.5) is 0 Å². The lowest BCUT2D eigenvalue weighted by atomic mass is 9.96.